The molecular formula is C21H18FN5O2S. The Balaban J connectivity index is 1.52. The van der Waals surface area contributed by atoms with E-state index in [4.69, 9.17) is 4.52 Å². The van der Waals surface area contributed by atoms with Crippen LogP contribution in [0.5, 0.6) is 0 Å². The van der Waals surface area contributed by atoms with Gasteiger partial charge in [0.05, 0.1) is 12.3 Å². The molecule has 1 N–H and O–H groups in total. The first-order valence-electron chi connectivity index (χ1n) is 9.18. The third kappa shape index (κ3) is 4.57. The van der Waals surface area contributed by atoms with Gasteiger partial charge in [-0.2, -0.15) is 0 Å². The van der Waals surface area contributed by atoms with Gasteiger partial charge in [-0.05, 0) is 43.3 Å². The van der Waals surface area contributed by atoms with Crippen LogP contribution in [-0.4, -0.2) is 31.6 Å². The zero-order chi connectivity index (χ0) is 20.9. The summed E-state index contributed by atoms with van der Waals surface area (Å²) in [7, 11) is 0. The van der Waals surface area contributed by atoms with Crippen molar-refractivity contribution in [2.75, 3.05) is 5.75 Å². The number of nitrogens with one attached hydrogen (secondary N) is 1. The quantitative estimate of drug-likeness (QED) is 0.456. The molecule has 0 aliphatic carbocycles. The fraction of sp³-hybridized carbons (Fsp3) is 0.143. The lowest BCUT2D eigenvalue weighted by Gasteiger charge is -2.10. The Morgan fingerprint density at radius 1 is 1.13 bits per heavy atom. The first-order valence-corrected chi connectivity index (χ1v) is 10.2. The van der Waals surface area contributed by atoms with Crippen molar-refractivity contribution in [2.24, 2.45) is 0 Å². The summed E-state index contributed by atoms with van der Waals surface area (Å²) in [6, 6.07) is 17.4. The van der Waals surface area contributed by atoms with Crippen molar-refractivity contribution in [3.63, 3.8) is 0 Å². The zero-order valence-corrected chi connectivity index (χ0v) is 16.9. The van der Waals surface area contributed by atoms with Crippen molar-refractivity contribution in [1.29, 1.82) is 0 Å². The van der Waals surface area contributed by atoms with E-state index in [1.165, 1.54) is 23.9 Å². The van der Waals surface area contributed by atoms with Crippen LogP contribution < -0.4 is 5.32 Å². The number of amides is 1. The van der Waals surface area contributed by atoms with Gasteiger partial charge in [-0.25, -0.2) is 4.39 Å². The van der Waals surface area contributed by atoms with Crippen molar-refractivity contribution < 1.29 is 13.7 Å². The number of para-hydroxylation sites is 1. The summed E-state index contributed by atoms with van der Waals surface area (Å²) in [4.78, 5) is 12.3. The number of hydrogen-bond acceptors (Lipinski definition) is 6. The molecule has 0 bridgehead atoms. The maximum absolute atomic E-state index is 13.3. The molecule has 0 unspecified atom stereocenters. The molecule has 0 saturated heterocycles. The summed E-state index contributed by atoms with van der Waals surface area (Å²) in [5.41, 5.74) is 2.24. The minimum atomic E-state index is -0.321. The van der Waals surface area contributed by atoms with E-state index in [0.29, 0.717) is 29.0 Å². The van der Waals surface area contributed by atoms with Gasteiger partial charge in [0, 0.05) is 17.3 Å². The second-order valence-corrected chi connectivity index (χ2v) is 7.42. The van der Waals surface area contributed by atoms with E-state index in [-0.39, 0.29) is 17.5 Å². The van der Waals surface area contributed by atoms with Crippen LogP contribution >= 0.6 is 11.8 Å². The average Bonchev–Trinajstić information content (AvgIpc) is 3.38. The molecule has 2 aromatic carbocycles. The molecule has 152 valence electrons. The van der Waals surface area contributed by atoms with Crippen LogP contribution in [0.15, 0.2) is 70.3 Å². The van der Waals surface area contributed by atoms with Crippen molar-refractivity contribution in [2.45, 2.75) is 18.6 Å². The lowest BCUT2D eigenvalue weighted by atomic mass is 10.2. The second kappa shape index (κ2) is 8.91. The summed E-state index contributed by atoms with van der Waals surface area (Å²) in [5, 5.41) is 15.8. The van der Waals surface area contributed by atoms with Gasteiger partial charge in [-0.1, -0.05) is 35.1 Å². The van der Waals surface area contributed by atoms with Gasteiger partial charge in [-0.15, -0.1) is 10.2 Å². The highest BCUT2D eigenvalue weighted by atomic mass is 32.2. The fourth-order valence-electron chi connectivity index (χ4n) is 2.83. The average molecular weight is 423 g/mol. The molecule has 4 aromatic rings. The number of hydrogen-bond donors (Lipinski definition) is 1. The van der Waals surface area contributed by atoms with Gasteiger partial charge in [0.15, 0.2) is 11.0 Å². The van der Waals surface area contributed by atoms with E-state index in [1.54, 1.807) is 25.1 Å². The summed E-state index contributed by atoms with van der Waals surface area (Å²) < 4.78 is 20.2. The van der Waals surface area contributed by atoms with Crippen LogP contribution in [-0.2, 0) is 11.3 Å². The van der Waals surface area contributed by atoms with E-state index in [1.807, 2.05) is 34.9 Å². The summed E-state index contributed by atoms with van der Waals surface area (Å²) >= 11 is 1.27. The van der Waals surface area contributed by atoms with Crippen LogP contribution in [0.1, 0.15) is 11.5 Å². The molecule has 0 radical (unpaired) electrons. The van der Waals surface area contributed by atoms with Crippen LogP contribution in [0.25, 0.3) is 17.1 Å². The highest BCUT2D eigenvalue weighted by molar-refractivity contribution is 7.99. The number of aromatic nitrogens is 4. The lowest BCUT2D eigenvalue weighted by Crippen LogP contribution is -2.24. The number of rotatable bonds is 7. The number of halogens is 1. The van der Waals surface area contributed by atoms with Crippen molar-refractivity contribution in [3.8, 4) is 17.1 Å². The predicted molar refractivity (Wildman–Crippen MR) is 111 cm³/mol. The van der Waals surface area contributed by atoms with Gasteiger partial charge in [0.1, 0.15) is 17.3 Å². The van der Waals surface area contributed by atoms with Gasteiger partial charge in [0.25, 0.3) is 0 Å². The standard InChI is InChI=1S/C21H18FN5O2S/c1-14-11-17(26-29-14)12-23-19(28)13-30-21-25-24-20(15-7-9-16(22)10-8-15)27(21)18-5-3-2-4-6-18/h2-11H,12-13H2,1H3,(H,23,28). The van der Waals surface area contributed by atoms with E-state index in [9.17, 15) is 9.18 Å². The first-order chi connectivity index (χ1) is 14.6. The van der Waals surface area contributed by atoms with E-state index in [0.717, 1.165) is 11.3 Å². The molecule has 9 heteroatoms. The first kappa shape index (κ1) is 19.8. The zero-order valence-electron chi connectivity index (χ0n) is 16.1. The molecule has 0 aliphatic heterocycles. The number of aryl methyl sites for hydroxylation is 1. The van der Waals surface area contributed by atoms with Crippen LogP contribution in [0.3, 0.4) is 0 Å². The molecule has 0 atom stereocenters. The smallest absolute Gasteiger partial charge is 0.230 e. The van der Waals surface area contributed by atoms with Gasteiger partial charge >= 0.3 is 0 Å². The Labute approximate surface area is 176 Å². The van der Waals surface area contributed by atoms with E-state index in [2.05, 4.69) is 20.7 Å². The monoisotopic (exact) mass is 423 g/mol. The highest BCUT2D eigenvalue weighted by Crippen LogP contribution is 2.28. The van der Waals surface area contributed by atoms with Crippen LogP contribution in [0, 0.1) is 12.7 Å². The Kier molecular flexibility index (Phi) is 5.89. The molecule has 2 aromatic heterocycles. The summed E-state index contributed by atoms with van der Waals surface area (Å²) in [5.74, 6) is 0.940. The molecule has 30 heavy (non-hydrogen) atoms. The van der Waals surface area contributed by atoms with Gasteiger partial charge in [-0.3, -0.25) is 9.36 Å². The number of carbonyl (C=O) groups excluding carboxylic acids is 1. The van der Waals surface area contributed by atoms with Crippen LogP contribution in [0.4, 0.5) is 4.39 Å². The normalized spacial score (nSPS) is 10.9. The Bertz CT molecular complexity index is 1140. The molecule has 0 fully saturated rings. The molecular weight excluding hydrogens is 405 g/mol. The molecule has 1 amide bonds. The minimum Gasteiger partial charge on any atom is -0.361 e. The molecule has 0 saturated carbocycles. The molecule has 2 heterocycles. The largest absolute Gasteiger partial charge is 0.361 e. The number of carbonyl (C=O) groups is 1. The molecule has 7 nitrogen and oxygen atoms in total. The van der Waals surface area contributed by atoms with E-state index >= 15 is 0 Å². The summed E-state index contributed by atoms with van der Waals surface area (Å²) in [6.07, 6.45) is 0. The predicted octanol–water partition coefficient (Wildman–Crippen LogP) is 3.78. The van der Waals surface area contributed by atoms with Crippen molar-refractivity contribution in [1.82, 2.24) is 25.2 Å². The van der Waals surface area contributed by atoms with Gasteiger partial charge < -0.3 is 9.84 Å². The molecule has 4 rings (SSSR count). The van der Waals surface area contributed by atoms with Crippen molar-refractivity contribution in [3.05, 3.63) is 77.9 Å². The third-order valence-electron chi connectivity index (χ3n) is 4.23. The van der Waals surface area contributed by atoms with Gasteiger partial charge in [0.2, 0.25) is 5.91 Å². The summed E-state index contributed by atoms with van der Waals surface area (Å²) in [6.45, 7) is 2.09. The minimum absolute atomic E-state index is 0.158. The number of benzene rings is 2. The maximum atomic E-state index is 13.3. The number of nitrogens with zero attached hydrogens (tertiary/aromatic N) is 4. The Morgan fingerprint density at radius 3 is 2.60 bits per heavy atom. The lowest BCUT2D eigenvalue weighted by molar-refractivity contribution is -0.118. The Hall–Kier alpha value is -3.46. The Morgan fingerprint density at radius 2 is 1.90 bits per heavy atom. The van der Waals surface area contributed by atoms with Crippen LogP contribution in [0.2, 0.25) is 0 Å². The topological polar surface area (TPSA) is 85.8 Å². The molecule has 0 aliphatic rings. The fourth-order valence-corrected chi connectivity index (χ4v) is 3.61. The van der Waals surface area contributed by atoms with Crippen molar-refractivity contribution >= 4 is 17.7 Å². The SMILES string of the molecule is Cc1cc(CNC(=O)CSc2nnc(-c3ccc(F)cc3)n2-c2ccccc2)no1. The third-order valence-corrected chi connectivity index (χ3v) is 5.15. The second-order valence-electron chi connectivity index (χ2n) is 6.48. The maximum Gasteiger partial charge on any atom is 0.230 e. The highest BCUT2D eigenvalue weighted by Gasteiger charge is 2.17. The molecule has 0 spiro atoms. The number of thioether (sulfide) groups is 1. The van der Waals surface area contributed by atoms with E-state index < -0.39 is 0 Å².